The first-order valence-electron chi connectivity index (χ1n) is 7.95. The lowest BCUT2D eigenvalue weighted by molar-refractivity contribution is -0.123. The van der Waals surface area contributed by atoms with Gasteiger partial charge in [-0.15, -0.1) is 12.4 Å². The molecule has 1 amide bonds. The predicted octanol–water partition coefficient (Wildman–Crippen LogP) is -0.595. The van der Waals surface area contributed by atoms with Crippen LogP contribution < -0.4 is 21.5 Å². The summed E-state index contributed by atoms with van der Waals surface area (Å²) in [5, 5.41) is 6.92. The lowest BCUT2D eigenvalue weighted by Crippen LogP contribution is -2.46. The molecule has 1 aromatic rings. The highest BCUT2D eigenvalue weighted by Gasteiger charge is 2.45. The van der Waals surface area contributed by atoms with E-state index in [-0.39, 0.29) is 30.0 Å². The van der Waals surface area contributed by atoms with Crippen molar-refractivity contribution in [3.8, 4) is 0 Å². The zero-order chi connectivity index (χ0) is 16.4. The van der Waals surface area contributed by atoms with Crippen molar-refractivity contribution < 1.29 is 9.53 Å². The first kappa shape index (κ1) is 18.7. The summed E-state index contributed by atoms with van der Waals surface area (Å²) in [6.45, 7) is 2.54. The topological polar surface area (TPSA) is 102 Å². The highest BCUT2D eigenvalue weighted by molar-refractivity contribution is 5.88. The fraction of sp³-hybridized carbons (Fsp3) is 0.667. The zero-order valence-corrected chi connectivity index (χ0v) is 14.6. The largest absolute Gasteiger partial charge is 0.374 e. The molecule has 1 atom stereocenters. The van der Waals surface area contributed by atoms with Gasteiger partial charge in [-0.05, 0) is 19.3 Å². The number of nitrogens with one attached hydrogen (secondary N) is 1. The molecule has 0 bridgehead atoms. The van der Waals surface area contributed by atoms with Crippen LogP contribution in [0.25, 0.3) is 0 Å². The Hall–Kier alpha value is -1.64. The first-order valence-corrected chi connectivity index (χ1v) is 7.95. The minimum atomic E-state index is -0.630. The fourth-order valence-corrected chi connectivity index (χ4v) is 2.65. The van der Waals surface area contributed by atoms with Gasteiger partial charge in [0.15, 0.2) is 0 Å². The SMILES string of the molecule is Cl.Cn1ncc(N2CCOC(CCNC(=O)C3(N)CC3)C2)cc1=O. The zero-order valence-electron chi connectivity index (χ0n) is 13.7. The van der Waals surface area contributed by atoms with Crippen molar-refractivity contribution in [2.75, 3.05) is 31.1 Å². The van der Waals surface area contributed by atoms with Gasteiger partial charge < -0.3 is 20.7 Å². The molecule has 1 aliphatic carbocycles. The number of ether oxygens (including phenoxy) is 1. The number of carbonyl (C=O) groups is 1. The monoisotopic (exact) mass is 357 g/mol. The smallest absolute Gasteiger partial charge is 0.268 e. The van der Waals surface area contributed by atoms with E-state index in [2.05, 4.69) is 15.3 Å². The van der Waals surface area contributed by atoms with Gasteiger partial charge in [0.1, 0.15) is 0 Å². The van der Waals surface area contributed by atoms with Crippen LogP contribution in [0, 0.1) is 0 Å². The van der Waals surface area contributed by atoms with Crippen molar-refractivity contribution in [2.24, 2.45) is 12.8 Å². The highest BCUT2D eigenvalue weighted by Crippen LogP contribution is 2.32. The minimum Gasteiger partial charge on any atom is -0.374 e. The van der Waals surface area contributed by atoms with Gasteiger partial charge in [-0.2, -0.15) is 5.10 Å². The number of hydrogen-bond acceptors (Lipinski definition) is 6. The van der Waals surface area contributed by atoms with Crippen molar-refractivity contribution in [3.05, 3.63) is 22.6 Å². The minimum absolute atomic E-state index is 0. The van der Waals surface area contributed by atoms with Crippen molar-refractivity contribution in [1.29, 1.82) is 0 Å². The number of anilines is 1. The third-order valence-electron chi connectivity index (χ3n) is 4.45. The van der Waals surface area contributed by atoms with E-state index in [1.54, 1.807) is 19.3 Å². The molecule has 3 N–H and O–H groups in total. The molecule has 2 fully saturated rings. The molecule has 8 nitrogen and oxygen atoms in total. The van der Waals surface area contributed by atoms with Crippen molar-refractivity contribution in [2.45, 2.75) is 30.9 Å². The molecule has 2 aliphatic rings. The lowest BCUT2D eigenvalue weighted by atomic mass is 10.2. The first-order chi connectivity index (χ1) is 11.0. The Balaban J connectivity index is 0.00000208. The quantitative estimate of drug-likeness (QED) is 0.730. The van der Waals surface area contributed by atoms with E-state index in [1.165, 1.54) is 4.68 Å². The van der Waals surface area contributed by atoms with Crippen molar-refractivity contribution >= 4 is 24.0 Å². The third kappa shape index (κ3) is 4.25. The van der Waals surface area contributed by atoms with Crippen LogP contribution in [0.2, 0.25) is 0 Å². The summed E-state index contributed by atoms with van der Waals surface area (Å²) in [5.41, 5.74) is 5.89. The van der Waals surface area contributed by atoms with Crippen LogP contribution >= 0.6 is 12.4 Å². The van der Waals surface area contributed by atoms with E-state index in [4.69, 9.17) is 10.5 Å². The number of carbonyl (C=O) groups excluding carboxylic acids is 1. The van der Waals surface area contributed by atoms with E-state index < -0.39 is 5.54 Å². The van der Waals surface area contributed by atoms with E-state index >= 15 is 0 Å². The molecule has 1 saturated heterocycles. The Kier molecular flexibility index (Phi) is 5.84. The molecule has 1 aliphatic heterocycles. The second-order valence-electron chi connectivity index (χ2n) is 6.32. The van der Waals surface area contributed by atoms with Gasteiger partial charge in [0.25, 0.3) is 5.56 Å². The summed E-state index contributed by atoms with van der Waals surface area (Å²) in [6.07, 6.45) is 3.96. The van der Waals surface area contributed by atoms with Crippen LogP contribution in [0.1, 0.15) is 19.3 Å². The average molecular weight is 358 g/mol. The highest BCUT2D eigenvalue weighted by atomic mass is 35.5. The molecule has 1 saturated carbocycles. The van der Waals surface area contributed by atoms with Crippen LogP contribution in [0.4, 0.5) is 5.69 Å². The maximum atomic E-state index is 11.8. The molecule has 1 unspecified atom stereocenters. The van der Waals surface area contributed by atoms with E-state index in [1.807, 2.05) is 0 Å². The molecule has 9 heteroatoms. The number of halogens is 1. The molecule has 134 valence electrons. The van der Waals surface area contributed by atoms with E-state index in [0.717, 1.165) is 31.5 Å². The number of amides is 1. The van der Waals surface area contributed by atoms with Crippen LogP contribution in [0.5, 0.6) is 0 Å². The van der Waals surface area contributed by atoms with Crippen LogP contribution in [0.15, 0.2) is 17.1 Å². The molecule has 2 heterocycles. The molecular weight excluding hydrogens is 334 g/mol. The molecule has 1 aromatic heterocycles. The second-order valence-corrected chi connectivity index (χ2v) is 6.32. The van der Waals surface area contributed by atoms with Crippen molar-refractivity contribution in [3.63, 3.8) is 0 Å². The Labute approximate surface area is 146 Å². The van der Waals surface area contributed by atoms with Gasteiger partial charge in [-0.1, -0.05) is 0 Å². The normalized spacial score (nSPS) is 21.8. The van der Waals surface area contributed by atoms with E-state index in [9.17, 15) is 9.59 Å². The van der Waals surface area contributed by atoms with Gasteiger partial charge in [-0.3, -0.25) is 9.59 Å². The molecule has 24 heavy (non-hydrogen) atoms. The summed E-state index contributed by atoms with van der Waals surface area (Å²) in [6, 6.07) is 1.59. The maximum absolute atomic E-state index is 11.8. The standard InChI is InChI=1S/C15H23N5O3.ClH/c1-19-13(21)8-11(9-18-19)20-6-7-23-12(10-20)2-5-17-14(22)15(16)3-4-15;/h8-9,12H,2-7,10,16H2,1H3,(H,17,22);1H. The second kappa shape index (κ2) is 7.50. The predicted molar refractivity (Wildman–Crippen MR) is 92.5 cm³/mol. The number of morpholine rings is 1. The van der Waals surface area contributed by atoms with Gasteiger partial charge in [-0.25, -0.2) is 4.68 Å². The van der Waals surface area contributed by atoms with Gasteiger partial charge >= 0.3 is 0 Å². The van der Waals surface area contributed by atoms with Crippen LogP contribution in [-0.2, 0) is 16.6 Å². The molecule has 0 spiro atoms. The Bertz CT molecular complexity index is 646. The number of nitrogens with zero attached hydrogens (tertiary/aromatic N) is 3. The van der Waals surface area contributed by atoms with Gasteiger partial charge in [0.05, 0.1) is 30.1 Å². The summed E-state index contributed by atoms with van der Waals surface area (Å²) >= 11 is 0. The van der Waals surface area contributed by atoms with Gasteiger partial charge in [0, 0.05) is 32.7 Å². The third-order valence-corrected chi connectivity index (χ3v) is 4.45. The fourth-order valence-electron chi connectivity index (χ4n) is 2.65. The molecule has 0 aromatic carbocycles. The summed E-state index contributed by atoms with van der Waals surface area (Å²) in [5.74, 6) is -0.0686. The Morgan fingerprint density at radius 3 is 2.96 bits per heavy atom. The number of nitrogens with two attached hydrogens (primary N) is 1. The van der Waals surface area contributed by atoms with Crippen LogP contribution in [-0.4, -0.2) is 53.6 Å². The Morgan fingerprint density at radius 2 is 2.29 bits per heavy atom. The maximum Gasteiger partial charge on any atom is 0.268 e. The van der Waals surface area contributed by atoms with Crippen LogP contribution in [0.3, 0.4) is 0 Å². The van der Waals surface area contributed by atoms with Gasteiger partial charge in [0.2, 0.25) is 5.91 Å². The summed E-state index contributed by atoms with van der Waals surface area (Å²) in [7, 11) is 1.63. The number of aryl methyl sites for hydroxylation is 1. The number of aromatic nitrogens is 2. The Morgan fingerprint density at radius 1 is 1.54 bits per heavy atom. The average Bonchev–Trinajstić information content (AvgIpc) is 3.29. The lowest BCUT2D eigenvalue weighted by Gasteiger charge is -2.34. The number of rotatable bonds is 5. The summed E-state index contributed by atoms with van der Waals surface area (Å²) < 4.78 is 7.04. The molecular formula is C15H24ClN5O3. The molecule has 3 rings (SSSR count). The van der Waals surface area contributed by atoms with E-state index in [0.29, 0.717) is 19.7 Å². The summed E-state index contributed by atoms with van der Waals surface area (Å²) in [4.78, 5) is 25.6. The van der Waals surface area contributed by atoms with Crippen molar-refractivity contribution in [1.82, 2.24) is 15.1 Å². The number of hydrogen-bond donors (Lipinski definition) is 2. The molecule has 0 radical (unpaired) electrons.